The molecule has 1 amide bonds. The molecule has 2 aromatic rings. The maximum atomic E-state index is 13.4. The molecule has 4 nitrogen and oxygen atoms in total. The number of nitrogens with zero attached hydrogens (tertiary/aromatic N) is 1. The van der Waals surface area contributed by atoms with Gasteiger partial charge >= 0.3 is 0 Å². The molecule has 2 aliphatic rings. The third kappa shape index (κ3) is 3.24. The van der Waals surface area contributed by atoms with Crippen LogP contribution in [0, 0.1) is 11.7 Å². The second kappa shape index (κ2) is 7.17. The Kier molecular flexibility index (Phi) is 4.74. The first-order valence-corrected chi connectivity index (χ1v) is 9.10. The summed E-state index contributed by atoms with van der Waals surface area (Å²) in [6.45, 7) is 1.57. The molecule has 0 bridgehead atoms. The summed E-state index contributed by atoms with van der Waals surface area (Å²) in [5, 5.41) is 0. The number of nitrogens with two attached hydrogens (primary N) is 1. The Morgan fingerprint density at radius 1 is 1.12 bits per heavy atom. The van der Waals surface area contributed by atoms with Gasteiger partial charge in [0.15, 0.2) is 0 Å². The van der Waals surface area contributed by atoms with Crippen molar-refractivity contribution in [2.45, 2.75) is 24.9 Å². The second-order valence-corrected chi connectivity index (χ2v) is 7.16. The molecule has 0 aliphatic carbocycles. The van der Waals surface area contributed by atoms with E-state index >= 15 is 0 Å². The zero-order chi connectivity index (χ0) is 18.1. The standard InChI is InChI=1S/C21H23FN2O2/c22-17-7-5-15(6-8-17)20-19-4-2-1-3-14(19)9-10-24(20)21(25)16-11-18(23)13-26-12-16/h1-8,16,18,20H,9-13,23H2/t16-,18-,20-/m0/s1. The van der Waals surface area contributed by atoms with Crippen LogP contribution >= 0.6 is 0 Å². The first-order chi connectivity index (χ1) is 12.6. The smallest absolute Gasteiger partial charge is 0.228 e. The largest absolute Gasteiger partial charge is 0.379 e. The Labute approximate surface area is 152 Å². The first kappa shape index (κ1) is 17.2. The highest BCUT2D eigenvalue weighted by Crippen LogP contribution is 2.36. The Balaban J connectivity index is 1.71. The minimum atomic E-state index is -0.276. The number of benzene rings is 2. The predicted molar refractivity (Wildman–Crippen MR) is 97.0 cm³/mol. The van der Waals surface area contributed by atoms with Crippen LogP contribution in [0.2, 0.25) is 0 Å². The van der Waals surface area contributed by atoms with Crippen molar-refractivity contribution in [3.05, 3.63) is 71.0 Å². The highest BCUT2D eigenvalue weighted by atomic mass is 19.1. The van der Waals surface area contributed by atoms with Crippen LogP contribution in [0.3, 0.4) is 0 Å². The number of ether oxygens (including phenoxy) is 1. The quantitative estimate of drug-likeness (QED) is 0.902. The molecule has 2 heterocycles. The van der Waals surface area contributed by atoms with E-state index in [1.54, 1.807) is 12.1 Å². The number of amides is 1. The molecule has 2 aliphatic heterocycles. The van der Waals surface area contributed by atoms with E-state index in [0.29, 0.717) is 26.2 Å². The Morgan fingerprint density at radius 3 is 2.65 bits per heavy atom. The van der Waals surface area contributed by atoms with Crippen LogP contribution < -0.4 is 5.73 Å². The summed E-state index contributed by atoms with van der Waals surface area (Å²) in [6.07, 6.45) is 1.46. The SMILES string of the molecule is N[C@@H]1COC[C@@H](C(=O)N2CCc3ccccc3[C@@H]2c2ccc(F)cc2)C1. The van der Waals surface area contributed by atoms with Crippen molar-refractivity contribution in [1.29, 1.82) is 0 Å². The molecule has 0 unspecified atom stereocenters. The van der Waals surface area contributed by atoms with Gasteiger partial charge in [0.1, 0.15) is 5.82 Å². The summed E-state index contributed by atoms with van der Waals surface area (Å²) in [5.74, 6) is -0.418. The Bertz CT molecular complexity index is 793. The maximum absolute atomic E-state index is 13.4. The van der Waals surface area contributed by atoms with Gasteiger partial charge in [-0.15, -0.1) is 0 Å². The van der Waals surface area contributed by atoms with Crippen LogP contribution in [0.5, 0.6) is 0 Å². The van der Waals surface area contributed by atoms with Gasteiger partial charge in [-0.3, -0.25) is 4.79 Å². The number of hydrogen-bond acceptors (Lipinski definition) is 3. The summed E-state index contributed by atoms with van der Waals surface area (Å²) in [7, 11) is 0. The van der Waals surface area contributed by atoms with E-state index < -0.39 is 0 Å². The lowest BCUT2D eigenvalue weighted by Crippen LogP contribution is -2.48. The van der Waals surface area contributed by atoms with Crippen molar-refractivity contribution in [3.63, 3.8) is 0 Å². The molecule has 2 N–H and O–H groups in total. The Hall–Kier alpha value is -2.24. The Morgan fingerprint density at radius 2 is 1.88 bits per heavy atom. The van der Waals surface area contributed by atoms with E-state index in [2.05, 4.69) is 12.1 Å². The molecule has 0 saturated carbocycles. The fraction of sp³-hybridized carbons (Fsp3) is 0.381. The lowest BCUT2D eigenvalue weighted by atomic mass is 9.86. The van der Waals surface area contributed by atoms with Crippen molar-refractivity contribution in [2.24, 2.45) is 11.7 Å². The van der Waals surface area contributed by atoms with Crippen molar-refractivity contribution >= 4 is 5.91 Å². The van der Waals surface area contributed by atoms with Gasteiger partial charge in [-0.2, -0.15) is 0 Å². The molecule has 0 spiro atoms. The molecular weight excluding hydrogens is 331 g/mol. The predicted octanol–water partition coefficient (Wildman–Crippen LogP) is 2.66. The third-order valence-electron chi connectivity index (χ3n) is 5.34. The van der Waals surface area contributed by atoms with Crippen LogP contribution in [0.15, 0.2) is 48.5 Å². The molecular formula is C21H23FN2O2. The molecule has 4 rings (SSSR count). The molecule has 3 atom stereocenters. The number of carbonyl (C=O) groups is 1. The molecule has 0 aromatic heterocycles. The fourth-order valence-corrected chi connectivity index (χ4v) is 4.08. The van der Waals surface area contributed by atoms with Gasteiger partial charge in [0, 0.05) is 12.6 Å². The third-order valence-corrected chi connectivity index (χ3v) is 5.34. The highest BCUT2D eigenvalue weighted by molar-refractivity contribution is 5.80. The minimum Gasteiger partial charge on any atom is -0.379 e. The van der Waals surface area contributed by atoms with Gasteiger partial charge in [-0.1, -0.05) is 36.4 Å². The van der Waals surface area contributed by atoms with Crippen LogP contribution in [-0.4, -0.2) is 36.6 Å². The zero-order valence-corrected chi connectivity index (χ0v) is 14.6. The molecule has 1 fully saturated rings. The molecule has 0 radical (unpaired) electrons. The summed E-state index contributed by atoms with van der Waals surface area (Å²) in [5.41, 5.74) is 9.27. The molecule has 5 heteroatoms. The lowest BCUT2D eigenvalue weighted by Gasteiger charge is -2.40. The van der Waals surface area contributed by atoms with Gasteiger partial charge in [-0.25, -0.2) is 4.39 Å². The van der Waals surface area contributed by atoms with Crippen molar-refractivity contribution < 1.29 is 13.9 Å². The van der Waals surface area contributed by atoms with E-state index in [4.69, 9.17) is 10.5 Å². The summed E-state index contributed by atoms with van der Waals surface area (Å²) in [6, 6.07) is 14.3. The molecule has 26 heavy (non-hydrogen) atoms. The highest BCUT2D eigenvalue weighted by Gasteiger charge is 2.36. The summed E-state index contributed by atoms with van der Waals surface area (Å²) in [4.78, 5) is 15.2. The van der Waals surface area contributed by atoms with Crippen molar-refractivity contribution in [1.82, 2.24) is 4.90 Å². The minimum absolute atomic E-state index is 0.0731. The van der Waals surface area contributed by atoms with Gasteiger partial charge in [0.25, 0.3) is 0 Å². The molecule has 2 aromatic carbocycles. The summed E-state index contributed by atoms with van der Waals surface area (Å²) < 4.78 is 18.9. The second-order valence-electron chi connectivity index (χ2n) is 7.16. The van der Waals surface area contributed by atoms with E-state index in [0.717, 1.165) is 17.5 Å². The van der Waals surface area contributed by atoms with Gasteiger partial charge in [-0.05, 0) is 41.7 Å². The number of fused-ring (bicyclic) bond motifs is 1. The van der Waals surface area contributed by atoms with Crippen molar-refractivity contribution in [3.8, 4) is 0 Å². The van der Waals surface area contributed by atoms with E-state index in [9.17, 15) is 9.18 Å². The topological polar surface area (TPSA) is 55.6 Å². The van der Waals surface area contributed by atoms with Gasteiger partial charge < -0.3 is 15.4 Å². The summed E-state index contributed by atoms with van der Waals surface area (Å²) >= 11 is 0. The normalized spacial score (nSPS) is 25.6. The van der Waals surface area contributed by atoms with Crippen LogP contribution in [0.1, 0.15) is 29.2 Å². The average molecular weight is 354 g/mol. The fourth-order valence-electron chi connectivity index (χ4n) is 4.08. The first-order valence-electron chi connectivity index (χ1n) is 9.10. The average Bonchev–Trinajstić information content (AvgIpc) is 2.67. The molecule has 1 saturated heterocycles. The lowest BCUT2D eigenvalue weighted by molar-refractivity contribution is -0.142. The maximum Gasteiger partial charge on any atom is 0.228 e. The van der Waals surface area contributed by atoms with Gasteiger partial charge in [0.05, 0.1) is 25.2 Å². The molecule has 136 valence electrons. The number of halogens is 1. The van der Waals surface area contributed by atoms with Crippen molar-refractivity contribution in [2.75, 3.05) is 19.8 Å². The number of rotatable bonds is 2. The van der Waals surface area contributed by atoms with Crippen LogP contribution in [-0.2, 0) is 16.0 Å². The number of carbonyl (C=O) groups excluding carboxylic acids is 1. The van der Waals surface area contributed by atoms with E-state index in [-0.39, 0.29) is 29.7 Å². The monoisotopic (exact) mass is 354 g/mol. The van der Waals surface area contributed by atoms with Gasteiger partial charge in [0.2, 0.25) is 5.91 Å². The van der Waals surface area contributed by atoms with E-state index in [1.165, 1.54) is 17.7 Å². The van der Waals surface area contributed by atoms with Crippen LogP contribution in [0.4, 0.5) is 4.39 Å². The van der Waals surface area contributed by atoms with Crippen LogP contribution in [0.25, 0.3) is 0 Å². The van der Waals surface area contributed by atoms with E-state index in [1.807, 2.05) is 17.0 Å². The number of hydrogen-bond donors (Lipinski definition) is 1. The zero-order valence-electron chi connectivity index (χ0n) is 14.6.